The van der Waals surface area contributed by atoms with Gasteiger partial charge in [0.25, 0.3) is 10.2 Å². The van der Waals surface area contributed by atoms with Gasteiger partial charge in [0.15, 0.2) is 0 Å². The standard InChI is InChI=1S/C9H18N2O3S/c1-10(15(12,13)11-4-5-11)8-9-2-6-14-7-3-9/h9H,2-8H2,1H3. The molecule has 0 amide bonds. The van der Waals surface area contributed by atoms with Crippen LogP contribution < -0.4 is 0 Å². The maximum atomic E-state index is 11.8. The number of hydrogen-bond acceptors (Lipinski definition) is 3. The van der Waals surface area contributed by atoms with Crippen molar-refractivity contribution in [2.24, 2.45) is 5.92 Å². The first-order valence-electron chi connectivity index (χ1n) is 5.40. The SMILES string of the molecule is CN(CC1CCOCC1)S(=O)(=O)N1CC1. The Labute approximate surface area is 91.2 Å². The van der Waals surface area contributed by atoms with Gasteiger partial charge in [-0.3, -0.25) is 0 Å². The van der Waals surface area contributed by atoms with Gasteiger partial charge in [-0.2, -0.15) is 17.0 Å². The third-order valence-electron chi connectivity index (χ3n) is 2.98. The fraction of sp³-hybridized carbons (Fsp3) is 1.00. The van der Waals surface area contributed by atoms with E-state index in [1.54, 1.807) is 7.05 Å². The van der Waals surface area contributed by atoms with E-state index in [0.29, 0.717) is 25.6 Å². The molecule has 15 heavy (non-hydrogen) atoms. The number of hydrogen-bond donors (Lipinski definition) is 0. The van der Waals surface area contributed by atoms with Crippen LogP contribution >= 0.6 is 0 Å². The molecule has 0 aromatic heterocycles. The Balaban J connectivity index is 1.87. The number of ether oxygens (including phenoxy) is 1. The molecule has 2 rings (SSSR count). The van der Waals surface area contributed by atoms with E-state index in [9.17, 15) is 8.42 Å². The molecule has 0 spiro atoms. The number of nitrogens with zero attached hydrogens (tertiary/aromatic N) is 2. The van der Waals surface area contributed by atoms with Gasteiger partial charge in [-0.15, -0.1) is 0 Å². The predicted octanol–water partition coefficient (Wildman–Crippen LogP) is -0.0948. The first-order valence-corrected chi connectivity index (χ1v) is 6.79. The van der Waals surface area contributed by atoms with E-state index in [2.05, 4.69) is 0 Å². The molecule has 0 aliphatic carbocycles. The van der Waals surface area contributed by atoms with E-state index >= 15 is 0 Å². The zero-order valence-electron chi connectivity index (χ0n) is 9.05. The molecule has 0 aromatic carbocycles. The second-order valence-electron chi connectivity index (χ2n) is 4.24. The van der Waals surface area contributed by atoms with Crippen molar-refractivity contribution in [1.82, 2.24) is 8.61 Å². The lowest BCUT2D eigenvalue weighted by Crippen LogP contribution is -2.37. The molecule has 2 fully saturated rings. The maximum absolute atomic E-state index is 11.8. The molecular formula is C9H18N2O3S. The minimum absolute atomic E-state index is 0.457. The first kappa shape index (κ1) is 11.3. The van der Waals surface area contributed by atoms with Crippen LogP contribution in [0.5, 0.6) is 0 Å². The Bertz CT molecular complexity index is 307. The monoisotopic (exact) mass is 234 g/mol. The van der Waals surface area contributed by atoms with Crippen LogP contribution in [0.4, 0.5) is 0 Å². The molecule has 0 atom stereocenters. The summed E-state index contributed by atoms with van der Waals surface area (Å²) < 4.78 is 31.8. The molecule has 5 nitrogen and oxygen atoms in total. The van der Waals surface area contributed by atoms with E-state index in [-0.39, 0.29) is 0 Å². The summed E-state index contributed by atoms with van der Waals surface area (Å²) in [6.45, 7) is 3.52. The molecule has 0 aromatic rings. The highest BCUT2D eigenvalue weighted by Crippen LogP contribution is 2.20. The predicted molar refractivity (Wildman–Crippen MR) is 56.7 cm³/mol. The topological polar surface area (TPSA) is 49.6 Å². The van der Waals surface area contributed by atoms with Gasteiger partial charge in [-0.25, -0.2) is 0 Å². The van der Waals surface area contributed by atoms with Crippen LogP contribution in [0.15, 0.2) is 0 Å². The third kappa shape index (κ3) is 2.69. The summed E-state index contributed by atoms with van der Waals surface area (Å²) in [5.74, 6) is 0.457. The lowest BCUT2D eigenvalue weighted by molar-refractivity contribution is 0.0618. The van der Waals surface area contributed by atoms with Crippen molar-refractivity contribution in [3.8, 4) is 0 Å². The van der Waals surface area contributed by atoms with E-state index in [0.717, 1.165) is 26.1 Å². The lowest BCUT2D eigenvalue weighted by Gasteiger charge is -2.26. The van der Waals surface area contributed by atoms with Gasteiger partial charge in [0.05, 0.1) is 0 Å². The van der Waals surface area contributed by atoms with Crippen LogP contribution in [0.25, 0.3) is 0 Å². The summed E-state index contributed by atoms with van der Waals surface area (Å²) >= 11 is 0. The van der Waals surface area contributed by atoms with Gasteiger partial charge in [-0.1, -0.05) is 0 Å². The van der Waals surface area contributed by atoms with Crippen LogP contribution in [0.1, 0.15) is 12.8 Å². The number of rotatable bonds is 4. The summed E-state index contributed by atoms with van der Waals surface area (Å²) in [6.07, 6.45) is 1.94. The van der Waals surface area contributed by atoms with E-state index in [1.165, 1.54) is 8.61 Å². The van der Waals surface area contributed by atoms with Gasteiger partial charge in [0, 0.05) is 39.9 Å². The Morgan fingerprint density at radius 3 is 2.47 bits per heavy atom. The van der Waals surface area contributed by atoms with Crippen LogP contribution in [0.3, 0.4) is 0 Å². The highest BCUT2D eigenvalue weighted by Gasteiger charge is 2.35. The highest BCUT2D eigenvalue weighted by molar-refractivity contribution is 7.87. The second kappa shape index (κ2) is 4.37. The molecular weight excluding hydrogens is 216 g/mol. The Hall–Kier alpha value is -0.170. The van der Waals surface area contributed by atoms with Crippen LogP contribution in [0.2, 0.25) is 0 Å². The van der Waals surface area contributed by atoms with Crippen molar-refractivity contribution in [3.05, 3.63) is 0 Å². The average molecular weight is 234 g/mol. The molecule has 2 aliphatic heterocycles. The van der Waals surface area contributed by atoms with Crippen molar-refractivity contribution >= 4 is 10.2 Å². The molecule has 2 heterocycles. The lowest BCUT2D eigenvalue weighted by atomic mass is 10.0. The minimum Gasteiger partial charge on any atom is -0.381 e. The molecule has 0 N–H and O–H groups in total. The zero-order chi connectivity index (χ0) is 10.9. The van der Waals surface area contributed by atoms with E-state index < -0.39 is 10.2 Å². The third-order valence-corrected chi connectivity index (χ3v) is 4.94. The molecule has 0 unspecified atom stereocenters. The second-order valence-corrected chi connectivity index (χ2v) is 6.28. The smallest absolute Gasteiger partial charge is 0.281 e. The van der Waals surface area contributed by atoms with Crippen molar-refractivity contribution in [2.45, 2.75) is 12.8 Å². The van der Waals surface area contributed by atoms with Crippen molar-refractivity contribution in [3.63, 3.8) is 0 Å². The molecule has 0 bridgehead atoms. The van der Waals surface area contributed by atoms with Gasteiger partial charge in [-0.05, 0) is 18.8 Å². The Kier molecular flexibility index (Phi) is 3.30. The van der Waals surface area contributed by atoms with Gasteiger partial charge >= 0.3 is 0 Å². The van der Waals surface area contributed by atoms with E-state index in [4.69, 9.17) is 4.74 Å². The molecule has 88 valence electrons. The van der Waals surface area contributed by atoms with Crippen molar-refractivity contribution < 1.29 is 13.2 Å². The Morgan fingerprint density at radius 2 is 1.93 bits per heavy atom. The summed E-state index contributed by atoms with van der Waals surface area (Å²) in [6, 6.07) is 0. The molecule has 2 saturated heterocycles. The molecule has 2 aliphatic rings. The van der Waals surface area contributed by atoms with Crippen molar-refractivity contribution in [1.29, 1.82) is 0 Å². The normalized spacial score (nSPS) is 24.7. The fourth-order valence-electron chi connectivity index (χ4n) is 1.86. The van der Waals surface area contributed by atoms with Gasteiger partial charge in [0.1, 0.15) is 0 Å². The maximum Gasteiger partial charge on any atom is 0.281 e. The summed E-state index contributed by atoms with van der Waals surface area (Å²) in [7, 11) is -1.47. The summed E-state index contributed by atoms with van der Waals surface area (Å²) in [4.78, 5) is 0. The Morgan fingerprint density at radius 1 is 1.33 bits per heavy atom. The summed E-state index contributed by atoms with van der Waals surface area (Å²) in [5.41, 5.74) is 0. The van der Waals surface area contributed by atoms with Gasteiger partial charge < -0.3 is 4.74 Å². The summed E-state index contributed by atoms with van der Waals surface area (Å²) in [5, 5.41) is 0. The molecule has 0 radical (unpaired) electrons. The first-order chi connectivity index (χ1) is 7.10. The largest absolute Gasteiger partial charge is 0.381 e. The van der Waals surface area contributed by atoms with Crippen LogP contribution in [-0.4, -0.2) is 56.9 Å². The van der Waals surface area contributed by atoms with Crippen molar-refractivity contribution in [2.75, 3.05) is 39.9 Å². The molecule has 0 saturated carbocycles. The highest BCUT2D eigenvalue weighted by atomic mass is 32.2. The van der Waals surface area contributed by atoms with Gasteiger partial charge in [0.2, 0.25) is 0 Å². The minimum atomic E-state index is -3.14. The quantitative estimate of drug-likeness (QED) is 0.639. The van der Waals surface area contributed by atoms with E-state index in [1.807, 2.05) is 0 Å². The van der Waals surface area contributed by atoms with Crippen LogP contribution in [0, 0.1) is 5.92 Å². The van der Waals surface area contributed by atoms with Crippen LogP contribution in [-0.2, 0) is 14.9 Å². The zero-order valence-corrected chi connectivity index (χ0v) is 9.87. The average Bonchev–Trinajstić information content (AvgIpc) is 3.02. The molecule has 6 heteroatoms. The fourth-order valence-corrected chi connectivity index (χ4v) is 3.19.